The molecule has 2 rings (SSSR count). The van der Waals surface area contributed by atoms with Crippen LogP contribution >= 0.6 is 0 Å². The van der Waals surface area contributed by atoms with Gasteiger partial charge in [-0.15, -0.1) is 0 Å². The number of hydrogen-bond acceptors (Lipinski definition) is 3. The molecule has 0 spiro atoms. The molecule has 0 saturated carbocycles. The lowest BCUT2D eigenvalue weighted by molar-refractivity contribution is 0.0727. The Labute approximate surface area is 126 Å². The first-order valence-electron chi connectivity index (χ1n) is 7.20. The molecule has 1 aromatic rings. The fourth-order valence-electron chi connectivity index (χ4n) is 2.49. The summed E-state index contributed by atoms with van der Waals surface area (Å²) < 4.78 is 5.56. The molecule has 4 heteroatoms. The minimum Gasteiger partial charge on any atom is -0.376 e. The lowest BCUT2D eigenvalue weighted by atomic mass is 9.93. The first kappa shape index (κ1) is 15.6. The van der Waals surface area contributed by atoms with Gasteiger partial charge in [-0.2, -0.15) is 0 Å². The highest BCUT2D eigenvalue weighted by Crippen LogP contribution is 2.26. The van der Waals surface area contributed by atoms with Crippen LogP contribution in [-0.4, -0.2) is 30.7 Å². The van der Waals surface area contributed by atoms with Gasteiger partial charge in [-0.25, -0.2) is 0 Å². The Morgan fingerprint density at radius 1 is 1.57 bits per heavy atom. The maximum absolute atomic E-state index is 12.6. The van der Waals surface area contributed by atoms with Gasteiger partial charge in [-0.3, -0.25) is 4.79 Å². The van der Waals surface area contributed by atoms with Gasteiger partial charge in [0.25, 0.3) is 5.91 Å². The molecule has 1 aromatic carbocycles. The highest BCUT2D eigenvalue weighted by Gasteiger charge is 2.38. The second kappa shape index (κ2) is 6.30. The molecule has 1 saturated heterocycles. The molecule has 21 heavy (non-hydrogen) atoms. The van der Waals surface area contributed by atoms with Gasteiger partial charge in [0, 0.05) is 17.7 Å². The minimum atomic E-state index is -0.317. The Morgan fingerprint density at radius 3 is 2.95 bits per heavy atom. The molecule has 2 atom stereocenters. The molecule has 0 radical (unpaired) electrons. The molecule has 2 unspecified atom stereocenters. The van der Waals surface area contributed by atoms with Crippen molar-refractivity contribution in [3.8, 4) is 11.8 Å². The van der Waals surface area contributed by atoms with Crippen LogP contribution in [0.15, 0.2) is 18.2 Å². The van der Waals surface area contributed by atoms with E-state index in [9.17, 15) is 4.79 Å². The molecule has 112 valence electrons. The van der Waals surface area contributed by atoms with Crippen LogP contribution in [0.5, 0.6) is 0 Å². The number of carbonyl (C=O) groups is 1. The van der Waals surface area contributed by atoms with Gasteiger partial charge in [-0.05, 0) is 44.9 Å². The summed E-state index contributed by atoms with van der Waals surface area (Å²) in [6.45, 7) is 6.91. The number of hydrogen-bond donors (Lipinski definition) is 2. The van der Waals surface area contributed by atoms with Crippen molar-refractivity contribution >= 4 is 5.91 Å². The van der Waals surface area contributed by atoms with E-state index in [1.807, 2.05) is 39.0 Å². The summed E-state index contributed by atoms with van der Waals surface area (Å²) in [5, 5.41) is 3.11. The summed E-state index contributed by atoms with van der Waals surface area (Å²) in [5.74, 6) is 5.75. The third-order valence-electron chi connectivity index (χ3n) is 4.19. The van der Waals surface area contributed by atoms with Crippen molar-refractivity contribution in [2.45, 2.75) is 38.8 Å². The molecule has 0 bridgehead atoms. The predicted octanol–water partition coefficient (Wildman–Crippen LogP) is 1.60. The highest BCUT2D eigenvalue weighted by molar-refractivity contribution is 5.96. The van der Waals surface area contributed by atoms with Crippen LogP contribution in [0, 0.1) is 18.8 Å². The quantitative estimate of drug-likeness (QED) is 0.812. The van der Waals surface area contributed by atoms with E-state index in [0.717, 1.165) is 17.5 Å². The molecule has 1 amide bonds. The van der Waals surface area contributed by atoms with Gasteiger partial charge in [0.2, 0.25) is 0 Å². The van der Waals surface area contributed by atoms with Gasteiger partial charge in [0.15, 0.2) is 0 Å². The third kappa shape index (κ3) is 3.26. The van der Waals surface area contributed by atoms with Crippen LogP contribution in [0.25, 0.3) is 0 Å². The van der Waals surface area contributed by atoms with Crippen LogP contribution in [0.3, 0.4) is 0 Å². The maximum atomic E-state index is 12.6. The molecular weight excluding hydrogens is 264 g/mol. The summed E-state index contributed by atoms with van der Waals surface area (Å²) >= 11 is 0. The van der Waals surface area contributed by atoms with Crippen molar-refractivity contribution in [3.05, 3.63) is 34.9 Å². The summed E-state index contributed by atoms with van der Waals surface area (Å²) in [6, 6.07) is 5.57. The second-order valence-electron chi connectivity index (χ2n) is 5.62. The van der Waals surface area contributed by atoms with Crippen molar-refractivity contribution in [3.63, 3.8) is 0 Å². The molecule has 1 fully saturated rings. The number of benzene rings is 1. The smallest absolute Gasteiger partial charge is 0.252 e. The number of rotatable bonds is 2. The highest BCUT2D eigenvalue weighted by atomic mass is 16.5. The van der Waals surface area contributed by atoms with E-state index < -0.39 is 0 Å². The Bertz CT molecular complexity index is 601. The van der Waals surface area contributed by atoms with E-state index >= 15 is 0 Å². The van der Waals surface area contributed by atoms with Crippen molar-refractivity contribution in [2.24, 2.45) is 5.73 Å². The van der Waals surface area contributed by atoms with Gasteiger partial charge >= 0.3 is 0 Å². The average Bonchev–Trinajstić information content (AvgIpc) is 2.77. The number of ether oxygens (including phenoxy) is 1. The number of nitrogens with one attached hydrogen (secondary N) is 1. The molecular formula is C17H22N2O2. The van der Waals surface area contributed by atoms with Crippen LogP contribution in [0.2, 0.25) is 0 Å². The van der Waals surface area contributed by atoms with Crippen molar-refractivity contribution in [1.82, 2.24) is 5.32 Å². The number of nitrogens with two attached hydrogens (primary N) is 1. The second-order valence-corrected chi connectivity index (χ2v) is 5.62. The fourth-order valence-corrected chi connectivity index (χ4v) is 2.49. The molecule has 1 aliphatic rings. The zero-order valence-corrected chi connectivity index (χ0v) is 12.8. The van der Waals surface area contributed by atoms with E-state index in [4.69, 9.17) is 10.5 Å². The zero-order valence-electron chi connectivity index (χ0n) is 12.8. The Kier molecular flexibility index (Phi) is 4.66. The molecule has 4 nitrogen and oxygen atoms in total. The Morgan fingerprint density at radius 2 is 2.33 bits per heavy atom. The predicted molar refractivity (Wildman–Crippen MR) is 83.0 cm³/mol. The summed E-state index contributed by atoms with van der Waals surface area (Å²) in [6.07, 6.45) is 0.841. The fraction of sp³-hybridized carbons (Fsp3) is 0.471. The number of carbonyl (C=O) groups excluding carboxylic acids is 1. The maximum Gasteiger partial charge on any atom is 0.252 e. The van der Waals surface area contributed by atoms with E-state index in [0.29, 0.717) is 18.7 Å². The monoisotopic (exact) mass is 286 g/mol. The standard InChI is InChI=1S/C17H22N2O2/c1-12-14(7-5-10-18)6-4-8-15(12)16(20)19-17(3)9-11-21-13(17)2/h4,6,8,13H,9-11,18H2,1-3H3,(H,19,20). The SMILES string of the molecule is Cc1c(C#CCN)cccc1C(=O)NC1(C)CCOC1C. The van der Waals surface area contributed by atoms with Crippen LogP contribution < -0.4 is 11.1 Å². The topological polar surface area (TPSA) is 64.4 Å². The normalized spacial score (nSPS) is 24.3. The Balaban J connectivity index is 2.24. The zero-order chi connectivity index (χ0) is 15.5. The number of amides is 1. The van der Waals surface area contributed by atoms with Crippen LogP contribution in [0.1, 0.15) is 41.8 Å². The molecule has 1 heterocycles. The Hall–Kier alpha value is -1.83. The van der Waals surface area contributed by atoms with Crippen molar-refractivity contribution < 1.29 is 9.53 Å². The summed E-state index contributed by atoms with van der Waals surface area (Å²) in [5.41, 5.74) is 7.46. The lowest BCUT2D eigenvalue weighted by Crippen LogP contribution is -2.50. The van der Waals surface area contributed by atoms with Gasteiger partial charge < -0.3 is 15.8 Å². The van der Waals surface area contributed by atoms with E-state index in [1.54, 1.807) is 0 Å². The van der Waals surface area contributed by atoms with E-state index in [1.165, 1.54) is 0 Å². The largest absolute Gasteiger partial charge is 0.376 e. The summed E-state index contributed by atoms with van der Waals surface area (Å²) in [4.78, 5) is 12.6. The van der Waals surface area contributed by atoms with Crippen LogP contribution in [0.4, 0.5) is 0 Å². The van der Waals surface area contributed by atoms with Crippen LogP contribution in [-0.2, 0) is 4.74 Å². The van der Waals surface area contributed by atoms with Gasteiger partial charge in [-0.1, -0.05) is 17.9 Å². The third-order valence-corrected chi connectivity index (χ3v) is 4.19. The van der Waals surface area contributed by atoms with Crippen molar-refractivity contribution in [1.29, 1.82) is 0 Å². The molecule has 1 aliphatic heterocycles. The first-order valence-corrected chi connectivity index (χ1v) is 7.20. The van der Waals surface area contributed by atoms with Gasteiger partial charge in [0.1, 0.15) is 0 Å². The summed E-state index contributed by atoms with van der Waals surface area (Å²) in [7, 11) is 0. The lowest BCUT2D eigenvalue weighted by Gasteiger charge is -2.29. The van der Waals surface area contributed by atoms with E-state index in [2.05, 4.69) is 17.2 Å². The molecule has 3 N–H and O–H groups in total. The molecule has 0 aliphatic carbocycles. The van der Waals surface area contributed by atoms with E-state index in [-0.39, 0.29) is 17.6 Å². The minimum absolute atomic E-state index is 0.0157. The van der Waals surface area contributed by atoms with Gasteiger partial charge in [0.05, 0.1) is 18.2 Å². The van der Waals surface area contributed by atoms with Crippen molar-refractivity contribution in [2.75, 3.05) is 13.2 Å². The average molecular weight is 286 g/mol. The molecule has 0 aromatic heterocycles. The first-order chi connectivity index (χ1) is 9.98.